The molecule has 1 unspecified atom stereocenters. The van der Waals surface area contributed by atoms with E-state index in [9.17, 15) is 9.59 Å². The molecule has 0 saturated heterocycles. The lowest BCUT2D eigenvalue weighted by molar-refractivity contribution is -0.136. The summed E-state index contributed by atoms with van der Waals surface area (Å²) in [5.74, 6) is -0.421. The number of aliphatic carboxylic acids is 1. The number of amides is 1. The number of aryl methyl sites for hydroxylation is 1. The van der Waals surface area contributed by atoms with Crippen molar-refractivity contribution >= 4 is 23.4 Å². The summed E-state index contributed by atoms with van der Waals surface area (Å²) in [4.78, 5) is 32.5. The van der Waals surface area contributed by atoms with E-state index in [1.165, 1.54) is 10.8 Å². The summed E-state index contributed by atoms with van der Waals surface area (Å²) in [5, 5.41) is 20.0. The Morgan fingerprint density at radius 1 is 1.11 bits per heavy atom. The molecule has 5 aromatic rings. The van der Waals surface area contributed by atoms with Crippen LogP contribution in [0.3, 0.4) is 0 Å². The van der Waals surface area contributed by atoms with Gasteiger partial charge < -0.3 is 14.4 Å². The van der Waals surface area contributed by atoms with Crippen molar-refractivity contribution in [2.24, 2.45) is 0 Å². The number of carboxylic acids is 1. The van der Waals surface area contributed by atoms with Crippen molar-refractivity contribution in [3.8, 4) is 22.7 Å². The molecule has 0 aliphatic rings. The Balaban J connectivity index is 1.43. The summed E-state index contributed by atoms with van der Waals surface area (Å²) in [7, 11) is 0. The molecule has 1 atom stereocenters. The van der Waals surface area contributed by atoms with Crippen molar-refractivity contribution in [1.82, 2.24) is 24.7 Å². The molecule has 5 rings (SSSR count). The van der Waals surface area contributed by atoms with Gasteiger partial charge in [-0.2, -0.15) is 9.61 Å². The SMILES string of the molecule is Cc1noc(-c2ncc(-c3ccc(CC(=O)O)cc3)c3ncnn23)c1NC(=O)OC(C)c1ccccc1. The minimum Gasteiger partial charge on any atom is -0.481 e. The molecular formula is C26H22N6O5. The van der Waals surface area contributed by atoms with Crippen LogP contribution in [0, 0.1) is 6.92 Å². The number of carboxylic acid groups (broad SMARTS) is 1. The van der Waals surface area contributed by atoms with Crippen LogP contribution >= 0.6 is 0 Å². The van der Waals surface area contributed by atoms with Crippen molar-refractivity contribution in [3.05, 3.63) is 83.9 Å². The third-order valence-corrected chi connectivity index (χ3v) is 5.77. The first kappa shape index (κ1) is 23.7. The summed E-state index contributed by atoms with van der Waals surface area (Å²) in [6, 6.07) is 16.5. The second kappa shape index (κ2) is 9.90. The average molecular weight is 498 g/mol. The molecule has 11 nitrogen and oxygen atoms in total. The number of rotatable bonds is 7. The van der Waals surface area contributed by atoms with E-state index < -0.39 is 18.2 Å². The standard InChI is InChI=1S/C26H22N6O5/c1-15-22(30-26(35)36-16(2)18-6-4-3-5-7-18)23(37-31-15)25-27-13-20(24-28-14-29-32(24)25)19-10-8-17(9-11-19)12-21(33)34/h3-11,13-14,16H,12H2,1-2H3,(H,30,35)(H,33,34). The molecule has 0 spiro atoms. The van der Waals surface area contributed by atoms with Crippen LogP contribution in [0.25, 0.3) is 28.4 Å². The maximum absolute atomic E-state index is 12.7. The lowest BCUT2D eigenvalue weighted by Crippen LogP contribution is -2.17. The Morgan fingerprint density at radius 3 is 2.59 bits per heavy atom. The quantitative estimate of drug-likeness (QED) is 0.326. The zero-order chi connectivity index (χ0) is 25.9. The van der Waals surface area contributed by atoms with Gasteiger partial charge in [0.2, 0.25) is 11.6 Å². The van der Waals surface area contributed by atoms with E-state index in [-0.39, 0.29) is 18.0 Å². The molecule has 1 amide bonds. The Labute approximate surface area is 210 Å². The van der Waals surface area contributed by atoms with Gasteiger partial charge in [0.1, 0.15) is 23.8 Å². The summed E-state index contributed by atoms with van der Waals surface area (Å²) in [6.07, 6.45) is 1.80. The summed E-state index contributed by atoms with van der Waals surface area (Å²) >= 11 is 0. The Bertz CT molecular complexity index is 1580. The largest absolute Gasteiger partial charge is 0.481 e. The van der Waals surface area contributed by atoms with Crippen molar-refractivity contribution in [2.45, 2.75) is 26.4 Å². The zero-order valence-electron chi connectivity index (χ0n) is 20.0. The third-order valence-electron chi connectivity index (χ3n) is 5.77. The fourth-order valence-corrected chi connectivity index (χ4v) is 3.91. The first-order valence-corrected chi connectivity index (χ1v) is 11.4. The fourth-order valence-electron chi connectivity index (χ4n) is 3.91. The van der Waals surface area contributed by atoms with Gasteiger partial charge in [-0.25, -0.2) is 14.8 Å². The topological polar surface area (TPSA) is 145 Å². The Kier molecular flexibility index (Phi) is 6.33. The summed E-state index contributed by atoms with van der Waals surface area (Å²) < 4.78 is 12.5. The molecule has 37 heavy (non-hydrogen) atoms. The molecule has 3 heterocycles. The molecule has 2 N–H and O–H groups in total. The highest BCUT2D eigenvalue weighted by atomic mass is 16.6. The van der Waals surface area contributed by atoms with Crippen LogP contribution in [0.2, 0.25) is 0 Å². The molecule has 0 saturated carbocycles. The van der Waals surface area contributed by atoms with Gasteiger partial charge in [-0.05, 0) is 30.5 Å². The van der Waals surface area contributed by atoms with Crippen molar-refractivity contribution in [2.75, 3.05) is 5.32 Å². The number of fused-ring (bicyclic) bond motifs is 1. The predicted octanol–water partition coefficient (Wildman–Crippen LogP) is 4.69. The molecule has 11 heteroatoms. The van der Waals surface area contributed by atoms with Crippen molar-refractivity contribution in [1.29, 1.82) is 0 Å². The molecule has 0 aliphatic carbocycles. The van der Waals surface area contributed by atoms with Crippen LogP contribution in [0.15, 0.2) is 71.6 Å². The van der Waals surface area contributed by atoms with Crippen LogP contribution in [0.4, 0.5) is 10.5 Å². The highest BCUT2D eigenvalue weighted by molar-refractivity contribution is 5.90. The molecule has 0 fully saturated rings. The smallest absolute Gasteiger partial charge is 0.412 e. The van der Waals surface area contributed by atoms with Gasteiger partial charge >= 0.3 is 12.1 Å². The normalized spacial score (nSPS) is 11.8. The van der Waals surface area contributed by atoms with Crippen LogP contribution in [0.5, 0.6) is 0 Å². The van der Waals surface area contributed by atoms with E-state index in [0.29, 0.717) is 28.2 Å². The summed E-state index contributed by atoms with van der Waals surface area (Å²) in [5.41, 5.74) is 4.25. The van der Waals surface area contributed by atoms with Crippen molar-refractivity contribution in [3.63, 3.8) is 0 Å². The van der Waals surface area contributed by atoms with E-state index in [1.807, 2.05) is 30.3 Å². The van der Waals surface area contributed by atoms with E-state index in [4.69, 9.17) is 14.4 Å². The second-order valence-corrected chi connectivity index (χ2v) is 8.31. The van der Waals surface area contributed by atoms with Crippen molar-refractivity contribution < 1.29 is 24.0 Å². The molecule has 3 aromatic heterocycles. The first-order chi connectivity index (χ1) is 17.9. The number of carbonyl (C=O) groups excluding carboxylic acids is 1. The molecule has 2 aromatic carbocycles. The monoisotopic (exact) mass is 498 g/mol. The van der Waals surface area contributed by atoms with E-state index in [2.05, 4.69) is 25.5 Å². The number of ether oxygens (including phenoxy) is 1. The lowest BCUT2D eigenvalue weighted by Gasteiger charge is -2.14. The maximum Gasteiger partial charge on any atom is 0.412 e. The molecule has 0 aliphatic heterocycles. The highest BCUT2D eigenvalue weighted by Crippen LogP contribution is 2.32. The minimum absolute atomic E-state index is 0.0645. The molecule has 0 bridgehead atoms. The minimum atomic E-state index is -0.899. The number of hydrogen-bond donors (Lipinski definition) is 2. The zero-order valence-corrected chi connectivity index (χ0v) is 20.0. The van der Waals surface area contributed by atoms with E-state index in [0.717, 1.165) is 11.1 Å². The van der Waals surface area contributed by atoms with Gasteiger partial charge in [0.25, 0.3) is 0 Å². The molecular weight excluding hydrogens is 476 g/mol. The summed E-state index contributed by atoms with van der Waals surface area (Å²) in [6.45, 7) is 3.47. The van der Waals surface area contributed by atoms with Gasteiger partial charge in [-0.1, -0.05) is 59.8 Å². The number of benzene rings is 2. The van der Waals surface area contributed by atoms with E-state index >= 15 is 0 Å². The number of hydrogen-bond acceptors (Lipinski definition) is 8. The van der Waals surface area contributed by atoms with Crippen LogP contribution in [0.1, 0.15) is 29.8 Å². The average Bonchev–Trinajstić information content (AvgIpc) is 3.52. The number of nitrogens with zero attached hydrogens (tertiary/aromatic N) is 5. The van der Waals surface area contributed by atoms with Crippen LogP contribution in [-0.4, -0.2) is 41.9 Å². The highest BCUT2D eigenvalue weighted by Gasteiger charge is 2.24. The van der Waals surface area contributed by atoms with Crippen LogP contribution in [-0.2, 0) is 16.0 Å². The number of carbonyl (C=O) groups is 2. The van der Waals surface area contributed by atoms with Gasteiger partial charge in [0, 0.05) is 11.8 Å². The Morgan fingerprint density at radius 2 is 1.86 bits per heavy atom. The second-order valence-electron chi connectivity index (χ2n) is 8.31. The number of nitrogens with one attached hydrogen (secondary N) is 1. The Hall–Kier alpha value is -5.06. The van der Waals surface area contributed by atoms with Gasteiger partial charge in [0.05, 0.1) is 6.42 Å². The van der Waals surface area contributed by atoms with E-state index in [1.54, 1.807) is 44.3 Å². The van der Waals surface area contributed by atoms with Crippen LogP contribution < -0.4 is 5.32 Å². The predicted molar refractivity (Wildman–Crippen MR) is 133 cm³/mol. The number of aromatic nitrogens is 5. The van der Waals surface area contributed by atoms with Gasteiger partial charge in [0.15, 0.2) is 5.65 Å². The molecule has 0 radical (unpaired) electrons. The fraction of sp³-hybridized carbons (Fsp3) is 0.154. The maximum atomic E-state index is 12.7. The third kappa shape index (κ3) is 4.87. The number of anilines is 1. The van der Waals surface area contributed by atoms with Gasteiger partial charge in [-0.15, -0.1) is 0 Å². The first-order valence-electron chi connectivity index (χ1n) is 11.4. The van der Waals surface area contributed by atoms with Gasteiger partial charge in [-0.3, -0.25) is 10.1 Å². The molecule has 186 valence electrons. The lowest BCUT2D eigenvalue weighted by atomic mass is 10.0.